The summed E-state index contributed by atoms with van der Waals surface area (Å²) < 4.78 is 0. The van der Waals surface area contributed by atoms with Gasteiger partial charge >= 0.3 is 0 Å². The first-order chi connectivity index (χ1) is 7.22. The second kappa shape index (κ2) is 5.86. The van der Waals surface area contributed by atoms with Crippen LogP contribution in [-0.2, 0) is 11.2 Å². The Morgan fingerprint density at radius 2 is 2.07 bits per heavy atom. The average Bonchev–Trinajstić information content (AvgIpc) is 2.19. The van der Waals surface area contributed by atoms with E-state index >= 15 is 0 Å². The summed E-state index contributed by atoms with van der Waals surface area (Å²) in [7, 11) is 0. The zero-order valence-corrected chi connectivity index (χ0v) is 8.86. The van der Waals surface area contributed by atoms with Crippen LogP contribution >= 0.6 is 0 Å². The SMILES string of the molecule is CC/C=C(\N)NC(=O)Cc1ccccc1. The highest BCUT2D eigenvalue weighted by atomic mass is 16.1. The highest BCUT2D eigenvalue weighted by molar-refractivity contribution is 5.80. The quantitative estimate of drug-likeness (QED) is 0.782. The van der Waals surface area contributed by atoms with Crippen LogP contribution in [0.2, 0.25) is 0 Å². The molecule has 3 heteroatoms. The van der Waals surface area contributed by atoms with Crippen molar-refractivity contribution in [3.05, 3.63) is 47.8 Å². The van der Waals surface area contributed by atoms with Gasteiger partial charge in [-0.05, 0) is 18.1 Å². The number of hydrogen-bond donors (Lipinski definition) is 2. The number of carbonyl (C=O) groups is 1. The Morgan fingerprint density at radius 3 is 2.67 bits per heavy atom. The molecule has 0 aliphatic rings. The Kier molecular flexibility index (Phi) is 4.41. The highest BCUT2D eigenvalue weighted by Crippen LogP contribution is 1.99. The fourth-order valence-electron chi connectivity index (χ4n) is 1.26. The number of amides is 1. The van der Waals surface area contributed by atoms with Crippen LogP contribution in [-0.4, -0.2) is 5.91 Å². The molecule has 1 aromatic carbocycles. The van der Waals surface area contributed by atoms with Crippen LogP contribution in [0, 0.1) is 0 Å². The van der Waals surface area contributed by atoms with Crippen LogP contribution in [0.1, 0.15) is 18.9 Å². The Balaban J connectivity index is 2.47. The van der Waals surface area contributed by atoms with Crippen LogP contribution in [0.25, 0.3) is 0 Å². The average molecular weight is 204 g/mol. The van der Waals surface area contributed by atoms with Crippen molar-refractivity contribution < 1.29 is 4.79 Å². The molecule has 3 nitrogen and oxygen atoms in total. The molecule has 0 atom stereocenters. The maximum atomic E-state index is 11.5. The molecule has 1 aromatic rings. The number of carbonyl (C=O) groups excluding carboxylic acids is 1. The second-order valence-electron chi connectivity index (χ2n) is 3.28. The molecule has 1 amide bonds. The van der Waals surface area contributed by atoms with Gasteiger partial charge in [-0.3, -0.25) is 4.79 Å². The minimum atomic E-state index is -0.0802. The zero-order chi connectivity index (χ0) is 11.1. The third-order valence-corrected chi connectivity index (χ3v) is 1.92. The van der Waals surface area contributed by atoms with E-state index in [0.29, 0.717) is 12.2 Å². The van der Waals surface area contributed by atoms with Crippen molar-refractivity contribution in [1.29, 1.82) is 0 Å². The third-order valence-electron chi connectivity index (χ3n) is 1.92. The van der Waals surface area contributed by atoms with Gasteiger partial charge in [-0.15, -0.1) is 0 Å². The van der Waals surface area contributed by atoms with Crippen molar-refractivity contribution in [2.75, 3.05) is 0 Å². The number of nitrogens with one attached hydrogen (secondary N) is 1. The van der Waals surface area contributed by atoms with E-state index in [2.05, 4.69) is 5.32 Å². The zero-order valence-electron chi connectivity index (χ0n) is 8.86. The van der Waals surface area contributed by atoms with Gasteiger partial charge < -0.3 is 11.1 Å². The molecular weight excluding hydrogens is 188 g/mol. The van der Waals surface area contributed by atoms with Crippen LogP contribution in [0.15, 0.2) is 42.2 Å². The van der Waals surface area contributed by atoms with Crippen LogP contribution in [0.3, 0.4) is 0 Å². The largest absolute Gasteiger partial charge is 0.385 e. The molecule has 0 aromatic heterocycles. The Morgan fingerprint density at radius 1 is 1.40 bits per heavy atom. The number of benzene rings is 1. The molecule has 3 N–H and O–H groups in total. The van der Waals surface area contributed by atoms with E-state index in [9.17, 15) is 4.79 Å². The number of nitrogens with two attached hydrogens (primary N) is 1. The first-order valence-corrected chi connectivity index (χ1v) is 5.01. The van der Waals surface area contributed by atoms with E-state index in [4.69, 9.17) is 5.73 Å². The number of allylic oxidation sites excluding steroid dienone is 1. The van der Waals surface area contributed by atoms with E-state index in [1.165, 1.54) is 0 Å². The van der Waals surface area contributed by atoms with Gasteiger partial charge in [0.1, 0.15) is 0 Å². The third kappa shape index (κ3) is 4.31. The van der Waals surface area contributed by atoms with Gasteiger partial charge in [-0.25, -0.2) is 0 Å². The predicted octanol–water partition coefficient (Wildman–Crippen LogP) is 1.56. The van der Waals surface area contributed by atoms with Crippen LogP contribution < -0.4 is 11.1 Å². The summed E-state index contributed by atoms with van der Waals surface area (Å²) in [6.07, 6.45) is 2.96. The summed E-state index contributed by atoms with van der Waals surface area (Å²) in [4.78, 5) is 11.5. The first-order valence-electron chi connectivity index (χ1n) is 5.01. The Hall–Kier alpha value is -1.77. The minimum Gasteiger partial charge on any atom is -0.385 e. The van der Waals surface area contributed by atoms with Gasteiger partial charge in [0.15, 0.2) is 0 Å². The van der Waals surface area contributed by atoms with E-state index in [-0.39, 0.29) is 5.91 Å². The lowest BCUT2D eigenvalue weighted by atomic mass is 10.1. The lowest BCUT2D eigenvalue weighted by Crippen LogP contribution is -2.28. The monoisotopic (exact) mass is 204 g/mol. The van der Waals surface area contributed by atoms with Gasteiger partial charge in [0.25, 0.3) is 0 Å². The molecule has 0 aliphatic heterocycles. The highest BCUT2D eigenvalue weighted by Gasteiger charge is 2.02. The smallest absolute Gasteiger partial charge is 0.229 e. The van der Waals surface area contributed by atoms with Crippen molar-refractivity contribution in [1.82, 2.24) is 5.32 Å². The lowest BCUT2D eigenvalue weighted by Gasteiger charge is -2.04. The predicted molar refractivity (Wildman–Crippen MR) is 60.9 cm³/mol. The maximum Gasteiger partial charge on any atom is 0.229 e. The molecule has 0 fully saturated rings. The molecule has 0 bridgehead atoms. The molecule has 15 heavy (non-hydrogen) atoms. The first kappa shape index (κ1) is 11.3. The Bertz CT molecular complexity index is 344. The second-order valence-corrected chi connectivity index (χ2v) is 3.28. The molecule has 80 valence electrons. The van der Waals surface area contributed by atoms with E-state index in [1.54, 1.807) is 6.08 Å². The van der Waals surface area contributed by atoms with Gasteiger partial charge in [0.05, 0.1) is 12.2 Å². The summed E-state index contributed by atoms with van der Waals surface area (Å²) in [5.74, 6) is 0.349. The molecule has 0 saturated heterocycles. The molecule has 0 saturated carbocycles. The van der Waals surface area contributed by atoms with Crippen molar-refractivity contribution in [2.24, 2.45) is 5.73 Å². The van der Waals surface area contributed by atoms with Crippen molar-refractivity contribution >= 4 is 5.91 Å². The summed E-state index contributed by atoms with van der Waals surface area (Å²) in [6, 6.07) is 9.58. The van der Waals surface area contributed by atoms with Crippen molar-refractivity contribution in [2.45, 2.75) is 19.8 Å². The molecule has 0 spiro atoms. The molecular formula is C12H16N2O. The van der Waals surface area contributed by atoms with Crippen molar-refractivity contribution in [3.63, 3.8) is 0 Å². The number of rotatable bonds is 4. The van der Waals surface area contributed by atoms with E-state index in [1.807, 2.05) is 37.3 Å². The fourth-order valence-corrected chi connectivity index (χ4v) is 1.26. The summed E-state index contributed by atoms with van der Waals surface area (Å²) >= 11 is 0. The molecule has 0 unspecified atom stereocenters. The lowest BCUT2D eigenvalue weighted by molar-refractivity contribution is -0.119. The molecule has 1 rings (SSSR count). The van der Waals surface area contributed by atoms with Crippen LogP contribution in [0.4, 0.5) is 0 Å². The van der Waals surface area contributed by atoms with Gasteiger partial charge in [-0.2, -0.15) is 0 Å². The summed E-state index contributed by atoms with van der Waals surface area (Å²) in [6.45, 7) is 1.97. The number of hydrogen-bond acceptors (Lipinski definition) is 2. The van der Waals surface area contributed by atoms with Gasteiger partial charge in [0.2, 0.25) is 5.91 Å². The topological polar surface area (TPSA) is 55.1 Å². The summed E-state index contributed by atoms with van der Waals surface area (Å²) in [5.41, 5.74) is 6.55. The Labute approximate surface area is 90.0 Å². The van der Waals surface area contributed by atoms with Gasteiger partial charge in [0, 0.05) is 0 Å². The van der Waals surface area contributed by atoms with E-state index in [0.717, 1.165) is 12.0 Å². The van der Waals surface area contributed by atoms with Crippen molar-refractivity contribution in [3.8, 4) is 0 Å². The standard InChI is InChI=1S/C12H16N2O/c1-2-6-11(13)14-12(15)9-10-7-4-3-5-8-10/h3-8H,2,9,13H2,1H3,(H,14,15)/b11-6+. The van der Waals surface area contributed by atoms with E-state index < -0.39 is 0 Å². The minimum absolute atomic E-state index is 0.0802. The van der Waals surface area contributed by atoms with Crippen LogP contribution in [0.5, 0.6) is 0 Å². The summed E-state index contributed by atoms with van der Waals surface area (Å²) in [5, 5.41) is 2.63. The molecule has 0 heterocycles. The fraction of sp³-hybridized carbons (Fsp3) is 0.250. The molecule has 0 aliphatic carbocycles. The molecule has 0 radical (unpaired) electrons. The van der Waals surface area contributed by atoms with Gasteiger partial charge in [-0.1, -0.05) is 37.3 Å². The maximum absolute atomic E-state index is 11.5. The normalized spacial score (nSPS) is 11.1.